The molecule has 13 nitrogen and oxygen atoms in total. The lowest BCUT2D eigenvalue weighted by molar-refractivity contribution is -0.385. The van der Waals surface area contributed by atoms with Gasteiger partial charge in [-0.3, -0.25) is 15.4 Å². The van der Waals surface area contributed by atoms with Crippen molar-refractivity contribution in [2.24, 2.45) is 0 Å². The maximum atomic E-state index is 12.6. The van der Waals surface area contributed by atoms with Gasteiger partial charge in [0.2, 0.25) is 0 Å². The van der Waals surface area contributed by atoms with Crippen LogP contribution in [0.2, 0.25) is 0 Å². The van der Waals surface area contributed by atoms with E-state index in [4.69, 9.17) is 29.2 Å². The highest BCUT2D eigenvalue weighted by atomic mass is 17.2. The molecule has 0 saturated heterocycles. The summed E-state index contributed by atoms with van der Waals surface area (Å²) in [4.78, 5) is 49.3. The molecule has 48 heavy (non-hydrogen) atoms. The van der Waals surface area contributed by atoms with Crippen LogP contribution in [0.5, 0.6) is 34.5 Å². The van der Waals surface area contributed by atoms with Crippen LogP contribution in [-0.4, -0.2) is 27.2 Å². The molecular formula is C35H27NO12. The third kappa shape index (κ3) is 8.70. The van der Waals surface area contributed by atoms with Crippen LogP contribution in [0.3, 0.4) is 0 Å². The molecule has 0 heterocycles. The molecule has 5 aromatic carbocycles. The molecule has 0 aliphatic rings. The van der Waals surface area contributed by atoms with Crippen LogP contribution in [0, 0.1) is 17.0 Å². The number of carboxylic acid groups (broad SMARTS) is 1. The van der Waals surface area contributed by atoms with Gasteiger partial charge in [0, 0.05) is 12.1 Å². The average Bonchev–Trinajstić information content (AvgIpc) is 3.08. The van der Waals surface area contributed by atoms with Crippen molar-refractivity contribution in [1.29, 1.82) is 0 Å². The van der Waals surface area contributed by atoms with Crippen molar-refractivity contribution < 1.29 is 53.7 Å². The Morgan fingerprint density at radius 1 is 0.667 bits per heavy atom. The highest BCUT2D eigenvalue weighted by Crippen LogP contribution is 2.29. The first-order valence-corrected chi connectivity index (χ1v) is 14.2. The second-order valence-corrected chi connectivity index (χ2v) is 10.2. The van der Waals surface area contributed by atoms with Crippen molar-refractivity contribution in [1.82, 2.24) is 0 Å². The molecule has 2 N–H and O–H groups in total. The number of nitro groups is 1. The van der Waals surface area contributed by atoms with Crippen LogP contribution >= 0.6 is 0 Å². The van der Waals surface area contributed by atoms with Crippen molar-refractivity contribution in [3.05, 3.63) is 147 Å². The molecule has 0 saturated carbocycles. The number of hydrogen-bond acceptors (Lipinski definition) is 11. The quantitative estimate of drug-likeness (QED) is 0.0390. The minimum Gasteiger partial charge on any atom is -0.478 e. The number of rotatable bonds is 14. The van der Waals surface area contributed by atoms with E-state index in [9.17, 15) is 24.8 Å². The highest BCUT2D eigenvalue weighted by molar-refractivity contribution is 6.03. The molecule has 0 spiro atoms. The Balaban J connectivity index is 1.11. The fourth-order valence-electron chi connectivity index (χ4n) is 4.39. The van der Waals surface area contributed by atoms with Crippen molar-refractivity contribution in [2.45, 2.75) is 20.1 Å². The molecule has 0 aromatic heterocycles. The van der Waals surface area contributed by atoms with Crippen molar-refractivity contribution in [3.8, 4) is 34.5 Å². The summed E-state index contributed by atoms with van der Waals surface area (Å²) in [6.07, 6.45) is 0. The Morgan fingerprint density at radius 2 is 1.21 bits per heavy atom. The summed E-state index contributed by atoms with van der Waals surface area (Å²) < 4.78 is 17.1. The molecule has 13 heteroatoms. The smallest absolute Gasteiger partial charge is 0.344 e. The minimum atomic E-state index is -1.22. The van der Waals surface area contributed by atoms with E-state index in [2.05, 4.69) is 4.89 Å². The minimum absolute atomic E-state index is 0.0379. The Hall–Kier alpha value is -6.28. The zero-order valence-electron chi connectivity index (χ0n) is 25.2. The maximum absolute atomic E-state index is 12.6. The molecule has 0 aliphatic carbocycles. The summed E-state index contributed by atoms with van der Waals surface area (Å²) in [7, 11) is 0. The first-order chi connectivity index (χ1) is 23.2. The second-order valence-electron chi connectivity index (χ2n) is 10.2. The summed E-state index contributed by atoms with van der Waals surface area (Å²) in [5.41, 5.74) is 1.33. The fraction of sp³-hybridized carbons (Fsp3) is 0.0857. The van der Waals surface area contributed by atoms with Gasteiger partial charge in [0.1, 0.15) is 42.0 Å². The molecule has 0 fully saturated rings. The van der Waals surface area contributed by atoms with E-state index in [0.717, 1.165) is 5.56 Å². The van der Waals surface area contributed by atoms with Gasteiger partial charge < -0.3 is 24.2 Å². The van der Waals surface area contributed by atoms with Crippen molar-refractivity contribution in [2.75, 3.05) is 0 Å². The monoisotopic (exact) mass is 653 g/mol. The van der Waals surface area contributed by atoms with E-state index in [1.807, 2.05) is 0 Å². The number of nitro benzene ring substituents is 1. The molecule has 0 bridgehead atoms. The van der Waals surface area contributed by atoms with Crippen molar-refractivity contribution >= 4 is 17.6 Å². The SMILES string of the molecule is Cc1ccc(C(=O)O)c(C(=O)Oc2ccc(Oc3ccc(Oc4ccc(OOCc5cc([N+](=O)[O-])ccc5COO)cc4)cc3)cc2)c1. The highest BCUT2D eigenvalue weighted by Gasteiger charge is 2.19. The zero-order chi connectivity index (χ0) is 34.0. The lowest BCUT2D eigenvalue weighted by Gasteiger charge is -2.11. The van der Waals surface area contributed by atoms with Crippen molar-refractivity contribution in [3.63, 3.8) is 0 Å². The molecular weight excluding hydrogens is 626 g/mol. The standard InChI is InChI=1S/C35H27NO12/c1-22-2-17-32(34(37)38)33(18-22)35(39)47-30-11-9-28(10-12-30)45-26-5-7-27(8-6-26)46-29-13-15-31(16-14-29)48-44-21-24-19-25(36(40)41)4-3-23(24)20-43-42/h2-19,42H,20-21H2,1H3,(H,37,38). The summed E-state index contributed by atoms with van der Waals surface area (Å²) in [5.74, 6) is 0.639. The lowest BCUT2D eigenvalue weighted by Crippen LogP contribution is -2.14. The Morgan fingerprint density at radius 3 is 1.73 bits per heavy atom. The molecule has 0 radical (unpaired) electrons. The number of ether oxygens (including phenoxy) is 3. The largest absolute Gasteiger partial charge is 0.478 e. The average molecular weight is 654 g/mol. The third-order valence-corrected chi connectivity index (χ3v) is 6.77. The van der Waals surface area contributed by atoms with Crippen LogP contribution in [0.4, 0.5) is 5.69 Å². The number of carboxylic acids is 1. The number of carbonyl (C=O) groups excluding carboxylic acids is 1. The van der Waals surface area contributed by atoms with E-state index in [1.54, 1.807) is 73.7 Å². The number of hydrogen-bond donors (Lipinski definition) is 2. The molecule has 0 aliphatic heterocycles. The van der Waals surface area contributed by atoms with E-state index < -0.39 is 16.9 Å². The predicted molar refractivity (Wildman–Crippen MR) is 169 cm³/mol. The van der Waals surface area contributed by atoms with Crippen LogP contribution in [-0.2, 0) is 23.0 Å². The number of aryl methyl sites for hydroxylation is 1. The van der Waals surface area contributed by atoms with Crippen LogP contribution < -0.4 is 19.1 Å². The fourth-order valence-corrected chi connectivity index (χ4v) is 4.39. The summed E-state index contributed by atoms with van der Waals surface area (Å²) in [5, 5.41) is 29.2. The third-order valence-electron chi connectivity index (χ3n) is 6.77. The van der Waals surface area contributed by atoms with E-state index in [-0.39, 0.29) is 35.8 Å². The number of carbonyl (C=O) groups is 2. The molecule has 0 atom stereocenters. The summed E-state index contributed by atoms with van der Waals surface area (Å²) in [6.45, 7) is 1.45. The van der Waals surface area contributed by atoms with Gasteiger partial charge in [0.05, 0.1) is 16.1 Å². The molecule has 244 valence electrons. The van der Waals surface area contributed by atoms with Gasteiger partial charge in [-0.1, -0.05) is 11.6 Å². The molecule has 5 rings (SSSR count). The van der Waals surface area contributed by atoms with E-state index in [0.29, 0.717) is 39.9 Å². The summed E-state index contributed by atoms with van der Waals surface area (Å²) >= 11 is 0. The molecule has 0 amide bonds. The number of benzene rings is 5. The first kappa shape index (κ1) is 33.1. The van der Waals surface area contributed by atoms with Gasteiger partial charge in [-0.2, -0.15) is 4.89 Å². The number of non-ortho nitro benzene ring substituents is 1. The first-order valence-electron chi connectivity index (χ1n) is 14.2. The maximum Gasteiger partial charge on any atom is 0.344 e. The number of nitrogens with zero attached hydrogens (tertiary/aromatic N) is 1. The van der Waals surface area contributed by atoms with Crippen LogP contribution in [0.25, 0.3) is 0 Å². The lowest BCUT2D eigenvalue weighted by atomic mass is 10.0. The van der Waals surface area contributed by atoms with Crippen LogP contribution in [0.1, 0.15) is 37.4 Å². The molecule has 5 aromatic rings. The van der Waals surface area contributed by atoms with E-state index >= 15 is 0 Å². The van der Waals surface area contributed by atoms with Gasteiger partial charge in [0.15, 0.2) is 5.75 Å². The predicted octanol–water partition coefficient (Wildman–Crippen LogP) is 7.91. The Kier molecular flexibility index (Phi) is 10.6. The topological polar surface area (TPSA) is 173 Å². The molecule has 0 unspecified atom stereocenters. The van der Waals surface area contributed by atoms with Gasteiger partial charge in [0.25, 0.3) is 5.69 Å². The number of aromatic carboxylic acids is 1. The van der Waals surface area contributed by atoms with Gasteiger partial charge >= 0.3 is 11.9 Å². The van der Waals surface area contributed by atoms with Crippen LogP contribution in [0.15, 0.2) is 109 Å². The number of esters is 1. The van der Waals surface area contributed by atoms with Gasteiger partial charge in [-0.15, -0.1) is 0 Å². The Bertz CT molecular complexity index is 1910. The van der Waals surface area contributed by atoms with Gasteiger partial charge in [-0.05, 0) is 109 Å². The normalized spacial score (nSPS) is 10.6. The summed E-state index contributed by atoms with van der Waals surface area (Å²) in [6, 6.07) is 28.2. The second kappa shape index (κ2) is 15.3. The van der Waals surface area contributed by atoms with Gasteiger partial charge in [-0.25, -0.2) is 14.5 Å². The Labute approximate surface area is 273 Å². The van der Waals surface area contributed by atoms with E-state index in [1.165, 1.54) is 42.5 Å². The zero-order valence-corrected chi connectivity index (χ0v) is 25.2.